The van der Waals surface area contributed by atoms with Crippen LogP contribution in [0.2, 0.25) is 5.02 Å². The number of carbonyl (C=O) groups excluding carboxylic acids is 4. The zero-order valence-corrected chi connectivity index (χ0v) is 27.5. The molecule has 3 amide bonds. The van der Waals surface area contributed by atoms with E-state index >= 15 is 0 Å². The van der Waals surface area contributed by atoms with Gasteiger partial charge >= 0.3 is 5.97 Å². The quantitative estimate of drug-likeness (QED) is 0.379. The van der Waals surface area contributed by atoms with Gasteiger partial charge in [-0.15, -0.1) is 0 Å². The third-order valence-corrected chi connectivity index (χ3v) is 10.4. The Kier molecular flexibility index (Phi) is 9.29. The van der Waals surface area contributed by atoms with E-state index in [-0.39, 0.29) is 25.5 Å². The van der Waals surface area contributed by atoms with Gasteiger partial charge in [0, 0.05) is 20.0 Å². The Balaban J connectivity index is 1.49. The summed E-state index contributed by atoms with van der Waals surface area (Å²) in [6.07, 6.45) is 6.46. The van der Waals surface area contributed by atoms with Gasteiger partial charge in [-0.25, -0.2) is 0 Å². The summed E-state index contributed by atoms with van der Waals surface area (Å²) in [6, 6.07) is 13.7. The van der Waals surface area contributed by atoms with Crippen molar-refractivity contribution in [3.63, 3.8) is 0 Å². The molecular weight excluding hydrogens is 622 g/mol. The highest BCUT2D eigenvalue weighted by atomic mass is 35.5. The van der Waals surface area contributed by atoms with Crippen molar-refractivity contribution in [2.24, 2.45) is 11.8 Å². The number of cyclic esters (lactones) is 1. The van der Waals surface area contributed by atoms with E-state index in [0.717, 1.165) is 0 Å². The van der Waals surface area contributed by atoms with Crippen molar-refractivity contribution < 1.29 is 33.8 Å². The summed E-state index contributed by atoms with van der Waals surface area (Å²) >= 11 is 6.63. The number of hydrogen-bond donors (Lipinski definition) is 1. The molecular formula is C36H40ClN3O7. The van der Waals surface area contributed by atoms with Crippen molar-refractivity contribution in [1.29, 1.82) is 0 Å². The number of aliphatic hydroxyl groups excluding tert-OH is 1. The van der Waals surface area contributed by atoms with E-state index in [0.29, 0.717) is 29.1 Å². The number of halogens is 1. The number of hydrogen-bond acceptors (Lipinski definition) is 7. The highest BCUT2D eigenvalue weighted by Gasteiger charge is 2.74. The third kappa shape index (κ3) is 5.56. The first-order valence-corrected chi connectivity index (χ1v) is 16.5. The number of anilines is 1. The SMILES string of the molecule is CC[C@@H](CO)N1C(=O)[C@H]2[C@@H]3C(=O)O[C@H](c4ccccc4)[C@@H](C)N(C)C(=O)CC/C=C\CN(c4ccccc4Cl)C(=O)[C@H]1[C@@]21C=C[C@@H]3O1. The summed E-state index contributed by atoms with van der Waals surface area (Å²) in [5.41, 5.74) is -0.328. The average Bonchev–Trinajstić information content (AvgIpc) is 3.73. The Morgan fingerprint density at radius 3 is 2.45 bits per heavy atom. The molecule has 11 heteroatoms. The molecule has 4 aliphatic heterocycles. The van der Waals surface area contributed by atoms with Crippen LogP contribution in [0, 0.1) is 11.8 Å². The van der Waals surface area contributed by atoms with Gasteiger partial charge in [0.2, 0.25) is 11.8 Å². The minimum Gasteiger partial charge on any atom is -0.455 e. The summed E-state index contributed by atoms with van der Waals surface area (Å²) in [5, 5.41) is 10.8. The Labute approximate surface area is 279 Å². The van der Waals surface area contributed by atoms with Crippen LogP contribution in [0.5, 0.6) is 0 Å². The van der Waals surface area contributed by atoms with Crippen LogP contribution in [-0.4, -0.2) is 88.6 Å². The van der Waals surface area contributed by atoms with Crippen molar-refractivity contribution in [1.82, 2.24) is 9.80 Å². The van der Waals surface area contributed by atoms with E-state index in [1.54, 1.807) is 54.4 Å². The summed E-state index contributed by atoms with van der Waals surface area (Å²) in [6.45, 7) is 3.39. The van der Waals surface area contributed by atoms with E-state index in [9.17, 15) is 24.3 Å². The van der Waals surface area contributed by atoms with Crippen molar-refractivity contribution in [3.8, 4) is 0 Å². The van der Waals surface area contributed by atoms with E-state index in [1.165, 1.54) is 9.80 Å². The number of fused-ring (bicyclic) bond motifs is 2. The second-order valence-corrected chi connectivity index (χ2v) is 13.0. The lowest BCUT2D eigenvalue weighted by molar-refractivity contribution is -0.164. The van der Waals surface area contributed by atoms with Gasteiger partial charge in [0.1, 0.15) is 23.7 Å². The molecule has 0 aromatic heterocycles. The molecule has 0 saturated carbocycles. The number of ether oxygens (including phenoxy) is 2. The Bertz CT molecular complexity index is 1590. The van der Waals surface area contributed by atoms with E-state index in [1.807, 2.05) is 50.3 Å². The maximum Gasteiger partial charge on any atom is 0.313 e. The molecule has 0 radical (unpaired) electrons. The normalized spacial score (nSPS) is 32.5. The summed E-state index contributed by atoms with van der Waals surface area (Å²) in [4.78, 5) is 61.5. The molecule has 47 heavy (non-hydrogen) atoms. The molecule has 5 bridgehead atoms. The first-order valence-electron chi connectivity index (χ1n) is 16.2. The number of aliphatic hydroxyl groups is 1. The van der Waals surface area contributed by atoms with Gasteiger partial charge in [-0.2, -0.15) is 0 Å². The topological polar surface area (TPSA) is 117 Å². The average molecular weight is 662 g/mol. The fourth-order valence-electron chi connectivity index (χ4n) is 7.49. The number of likely N-dealkylation sites (N-methyl/N-ethyl adjacent to an activating group) is 1. The van der Waals surface area contributed by atoms with Crippen LogP contribution in [0.1, 0.15) is 44.8 Å². The number of para-hydroxylation sites is 1. The fraction of sp³-hybridized carbons (Fsp3) is 0.444. The van der Waals surface area contributed by atoms with E-state index in [4.69, 9.17) is 21.1 Å². The predicted molar refractivity (Wildman–Crippen MR) is 175 cm³/mol. The molecule has 8 atom stereocenters. The number of benzene rings is 2. The second kappa shape index (κ2) is 13.3. The largest absolute Gasteiger partial charge is 0.455 e. The molecule has 4 heterocycles. The summed E-state index contributed by atoms with van der Waals surface area (Å²) < 4.78 is 12.8. The molecule has 248 valence electrons. The van der Waals surface area contributed by atoms with Gasteiger partial charge in [-0.1, -0.05) is 85.3 Å². The van der Waals surface area contributed by atoms with Crippen molar-refractivity contribution in [2.45, 2.75) is 69.0 Å². The Morgan fingerprint density at radius 2 is 1.74 bits per heavy atom. The number of nitrogens with zero attached hydrogens (tertiary/aromatic N) is 3. The maximum atomic E-state index is 14.9. The van der Waals surface area contributed by atoms with E-state index < -0.39 is 65.6 Å². The first-order chi connectivity index (χ1) is 22.6. The number of allylic oxidation sites excluding steroid dienone is 1. The van der Waals surface area contributed by atoms with Crippen molar-refractivity contribution in [2.75, 3.05) is 25.1 Å². The maximum absolute atomic E-state index is 14.9. The lowest BCUT2D eigenvalue weighted by Crippen LogP contribution is -2.58. The highest BCUT2D eigenvalue weighted by molar-refractivity contribution is 6.34. The molecule has 2 aromatic rings. The molecule has 1 spiro atoms. The van der Waals surface area contributed by atoms with Crippen LogP contribution in [0.4, 0.5) is 5.69 Å². The smallest absolute Gasteiger partial charge is 0.313 e. The molecule has 2 saturated heterocycles. The number of carbonyl (C=O) groups is 4. The van der Waals surface area contributed by atoms with Gasteiger partial charge < -0.3 is 29.3 Å². The van der Waals surface area contributed by atoms with Crippen LogP contribution < -0.4 is 4.90 Å². The third-order valence-electron chi connectivity index (χ3n) is 10.1. The van der Waals surface area contributed by atoms with Crippen LogP contribution in [-0.2, 0) is 28.7 Å². The molecule has 6 rings (SSSR count). The Morgan fingerprint density at radius 1 is 1.02 bits per heavy atom. The minimum atomic E-state index is -1.47. The standard InChI is InChI=1S/C36H40ClN3O7/c1-4-24(21-41)40-32-34(44)39(26-16-11-10-15-25(26)37)20-12-6-9-17-28(42)38(3)22(2)31(23-13-7-5-8-14-23)46-35(45)29-27-18-19-36(32,47-27)30(29)33(40)43/h5-8,10-16,18-19,22,24,27,29-32,41H,4,9,17,20-21H2,1-3H3/b12-6-/t22-,24+,27+,29-,30-,31+,32+,36-/m1/s1. The monoisotopic (exact) mass is 661 g/mol. The lowest BCUT2D eigenvalue weighted by Gasteiger charge is -2.38. The van der Waals surface area contributed by atoms with Crippen LogP contribution in [0.25, 0.3) is 0 Å². The van der Waals surface area contributed by atoms with Gasteiger partial charge in [0.05, 0.1) is 41.4 Å². The summed E-state index contributed by atoms with van der Waals surface area (Å²) in [7, 11) is 1.69. The van der Waals surface area contributed by atoms with Crippen molar-refractivity contribution >= 4 is 41.0 Å². The van der Waals surface area contributed by atoms with Gasteiger partial charge in [0.15, 0.2) is 0 Å². The highest BCUT2D eigenvalue weighted by Crippen LogP contribution is 2.56. The zero-order chi connectivity index (χ0) is 33.5. The molecule has 1 N–H and O–H groups in total. The van der Waals surface area contributed by atoms with Crippen LogP contribution in [0.3, 0.4) is 0 Å². The van der Waals surface area contributed by atoms with Crippen LogP contribution in [0.15, 0.2) is 78.9 Å². The van der Waals surface area contributed by atoms with Gasteiger partial charge in [-0.3, -0.25) is 19.2 Å². The Hall–Kier alpha value is -3.99. The molecule has 0 aliphatic carbocycles. The van der Waals surface area contributed by atoms with Crippen LogP contribution >= 0.6 is 11.6 Å². The predicted octanol–water partition coefficient (Wildman–Crippen LogP) is 4.08. The fourth-order valence-corrected chi connectivity index (χ4v) is 7.73. The number of esters is 1. The first kappa shape index (κ1) is 32.9. The molecule has 4 aliphatic rings. The molecule has 0 unspecified atom stereocenters. The molecule has 2 fully saturated rings. The summed E-state index contributed by atoms with van der Waals surface area (Å²) in [5.74, 6) is -3.81. The van der Waals surface area contributed by atoms with E-state index in [2.05, 4.69) is 0 Å². The molecule has 2 aromatic carbocycles. The minimum absolute atomic E-state index is 0.104. The molecule has 10 nitrogen and oxygen atoms in total. The zero-order valence-electron chi connectivity index (χ0n) is 26.7. The van der Waals surface area contributed by atoms with Gasteiger partial charge in [-0.05, 0) is 37.5 Å². The van der Waals surface area contributed by atoms with Gasteiger partial charge in [0.25, 0.3) is 5.91 Å². The number of rotatable bonds is 5. The lowest BCUT2D eigenvalue weighted by atomic mass is 9.74. The van der Waals surface area contributed by atoms with Crippen molar-refractivity contribution in [3.05, 3.63) is 89.5 Å². The number of likely N-dealkylation sites (tertiary alicyclic amines) is 1. The number of amides is 3. The second-order valence-electron chi connectivity index (χ2n) is 12.6.